The van der Waals surface area contributed by atoms with Gasteiger partial charge in [0.1, 0.15) is 0 Å². The number of carbonyl (C=O) groups is 1. The number of halogens is 7. The van der Waals surface area contributed by atoms with Crippen molar-refractivity contribution in [3.05, 3.63) is 63.9 Å². The SMILES string of the molecule is O=C(NCCOCc1ncc(C(F)(F)F)cc1Cl)c1ccccc1C(F)(F)F. The van der Waals surface area contributed by atoms with Crippen molar-refractivity contribution in [2.75, 3.05) is 13.2 Å². The summed E-state index contributed by atoms with van der Waals surface area (Å²) < 4.78 is 81.4. The molecule has 0 atom stereocenters. The molecule has 1 amide bonds. The molecule has 0 fully saturated rings. The highest BCUT2D eigenvalue weighted by molar-refractivity contribution is 6.31. The number of hydrogen-bond acceptors (Lipinski definition) is 3. The molecule has 1 heterocycles. The fourth-order valence-electron chi connectivity index (χ4n) is 2.16. The van der Waals surface area contributed by atoms with Gasteiger partial charge >= 0.3 is 12.4 Å². The monoisotopic (exact) mass is 426 g/mol. The summed E-state index contributed by atoms with van der Waals surface area (Å²) in [5.74, 6) is -0.929. The molecule has 0 radical (unpaired) electrons. The van der Waals surface area contributed by atoms with Crippen LogP contribution in [0.3, 0.4) is 0 Å². The maximum absolute atomic E-state index is 12.9. The molecule has 0 unspecified atom stereocenters. The van der Waals surface area contributed by atoms with Gasteiger partial charge in [0, 0.05) is 12.7 Å². The summed E-state index contributed by atoms with van der Waals surface area (Å²) in [6.07, 6.45) is -8.64. The first-order valence-electron chi connectivity index (χ1n) is 7.74. The molecule has 0 bridgehead atoms. The second-order valence-electron chi connectivity index (χ2n) is 5.50. The first kappa shape index (κ1) is 22.0. The lowest BCUT2D eigenvalue weighted by Crippen LogP contribution is -2.29. The fourth-order valence-corrected chi connectivity index (χ4v) is 2.38. The van der Waals surface area contributed by atoms with Crippen LogP contribution < -0.4 is 5.32 Å². The van der Waals surface area contributed by atoms with E-state index in [1.165, 1.54) is 12.1 Å². The number of carbonyl (C=O) groups excluding carboxylic acids is 1. The van der Waals surface area contributed by atoms with Gasteiger partial charge in [-0.1, -0.05) is 23.7 Å². The molecule has 1 aromatic heterocycles. The molecule has 4 nitrogen and oxygen atoms in total. The van der Waals surface area contributed by atoms with E-state index in [9.17, 15) is 31.1 Å². The lowest BCUT2D eigenvalue weighted by Gasteiger charge is -2.13. The van der Waals surface area contributed by atoms with Crippen LogP contribution in [-0.4, -0.2) is 24.0 Å². The third-order valence-electron chi connectivity index (χ3n) is 3.49. The fraction of sp³-hybridized carbons (Fsp3) is 0.294. The van der Waals surface area contributed by atoms with Crippen molar-refractivity contribution >= 4 is 17.5 Å². The largest absolute Gasteiger partial charge is 0.417 e. The molecule has 2 rings (SSSR count). The van der Waals surface area contributed by atoms with Crippen molar-refractivity contribution in [3.8, 4) is 0 Å². The van der Waals surface area contributed by atoms with Crippen molar-refractivity contribution < 1.29 is 35.9 Å². The van der Waals surface area contributed by atoms with E-state index in [4.69, 9.17) is 16.3 Å². The van der Waals surface area contributed by atoms with Crippen molar-refractivity contribution in [3.63, 3.8) is 0 Å². The van der Waals surface area contributed by atoms with Gasteiger partial charge < -0.3 is 10.1 Å². The average Bonchev–Trinajstić information content (AvgIpc) is 2.60. The molecule has 28 heavy (non-hydrogen) atoms. The Morgan fingerprint density at radius 3 is 2.39 bits per heavy atom. The highest BCUT2D eigenvalue weighted by Crippen LogP contribution is 2.32. The van der Waals surface area contributed by atoms with Crippen molar-refractivity contribution in [2.24, 2.45) is 0 Å². The topological polar surface area (TPSA) is 51.2 Å². The lowest BCUT2D eigenvalue weighted by atomic mass is 10.1. The van der Waals surface area contributed by atoms with Crippen LogP contribution in [-0.2, 0) is 23.7 Å². The Morgan fingerprint density at radius 1 is 1.11 bits per heavy atom. The summed E-state index contributed by atoms with van der Waals surface area (Å²) in [7, 11) is 0. The van der Waals surface area contributed by atoms with Crippen LogP contribution in [0.2, 0.25) is 5.02 Å². The van der Waals surface area contributed by atoms with E-state index in [0.29, 0.717) is 12.3 Å². The zero-order valence-corrected chi connectivity index (χ0v) is 14.8. The van der Waals surface area contributed by atoms with E-state index in [1.807, 2.05) is 0 Å². The third-order valence-corrected chi connectivity index (χ3v) is 3.82. The van der Waals surface area contributed by atoms with E-state index < -0.39 is 35.0 Å². The molecule has 1 N–H and O–H groups in total. The molecule has 0 spiro atoms. The molecule has 0 aliphatic carbocycles. The van der Waals surface area contributed by atoms with Crippen LogP contribution in [0.1, 0.15) is 27.2 Å². The maximum Gasteiger partial charge on any atom is 0.417 e. The highest BCUT2D eigenvalue weighted by Gasteiger charge is 2.34. The van der Waals surface area contributed by atoms with Gasteiger partial charge in [0.25, 0.3) is 5.91 Å². The van der Waals surface area contributed by atoms with Gasteiger partial charge in [0.05, 0.1) is 40.6 Å². The zero-order chi connectivity index (χ0) is 20.9. The number of ether oxygens (including phenoxy) is 1. The number of aromatic nitrogens is 1. The van der Waals surface area contributed by atoms with Gasteiger partial charge in [-0.3, -0.25) is 9.78 Å². The van der Waals surface area contributed by atoms with Gasteiger partial charge in [-0.05, 0) is 18.2 Å². The molecule has 0 saturated carbocycles. The van der Waals surface area contributed by atoms with Crippen molar-refractivity contribution in [2.45, 2.75) is 19.0 Å². The quantitative estimate of drug-likeness (QED) is 0.537. The summed E-state index contributed by atoms with van der Waals surface area (Å²) in [5, 5.41) is 2.04. The predicted octanol–water partition coefficient (Wildman–Crippen LogP) is 4.72. The molecular weight excluding hydrogens is 414 g/mol. The Kier molecular flexibility index (Phi) is 6.89. The number of hydrogen-bond donors (Lipinski definition) is 1. The minimum Gasteiger partial charge on any atom is -0.373 e. The maximum atomic E-state index is 12.9. The molecular formula is C17H13ClF6N2O2. The van der Waals surface area contributed by atoms with Crippen LogP contribution in [0.15, 0.2) is 36.5 Å². The molecule has 2 aromatic rings. The van der Waals surface area contributed by atoms with Crippen molar-refractivity contribution in [1.82, 2.24) is 10.3 Å². The molecule has 1 aromatic carbocycles. The van der Waals surface area contributed by atoms with Gasteiger partial charge in [-0.15, -0.1) is 0 Å². The summed E-state index contributed by atoms with van der Waals surface area (Å²) in [6.45, 7) is -0.464. The number of benzene rings is 1. The Bertz CT molecular complexity index is 839. The summed E-state index contributed by atoms with van der Waals surface area (Å²) in [5.41, 5.74) is -2.53. The Morgan fingerprint density at radius 2 is 1.79 bits per heavy atom. The summed E-state index contributed by atoms with van der Waals surface area (Å²) in [4.78, 5) is 15.5. The van der Waals surface area contributed by atoms with E-state index in [1.54, 1.807) is 0 Å². The standard InChI is InChI=1S/C17H13ClF6N2O2/c18-13-7-10(16(19,20)21)8-26-14(13)9-28-6-5-25-15(27)11-3-1-2-4-12(11)17(22,23)24/h1-4,7-8H,5-6,9H2,(H,25,27). The van der Waals surface area contributed by atoms with Crippen molar-refractivity contribution in [1.29, 1.82) is 0 Å². The van der Waals surface area contributed by atoms with E-state index >= 15 is 0 Å². The van der Waals surface area contributed by atoms with E-state index in [0.717, 1.165) is 12.1 Å². The number of alkyl halides is 6. The molecule has 0 aliphatic heterocycles. The minimum absolute atomic E-state index is 0.0587. The predicted molar refractivity (Wildman–Crippen MR) is 87.7 cm³/mol. The van der Waals surface area contributed by atoms with E-state index in [-0.39, 0.29) is 30.5 Å². The molecule has 11 heteroatoms. The number of rotatable bonds is 6. The van der Waals surface area contributed by atoms with Crippen LogP contribution in [0.4, 0.5) is 26.3 Å². The van der Waals surface area contributed by atoms with Gasteiger partial charge in [0.2, 0.25) is 0 Å². The zero-order valence-electron chi connectivity index (χ0n) is 14.0. The number of nitrogens with zero attached hydrogens (tertiary/aromatic N) is 1. The Balaban J connectivity index is 1.85. The minimum atomic E-state index is -4.67. The van der Waals surface area contributed by atoms with Crippen LogP contribution in [0.25, 0.3) is 0 Å². The second-order valence-corrected chi connectivity index (χ2v) is 5.91. The van der Waals surface area contributed by atoms with Crippen LogP contribution in [0, 0.1) is 0 Å². The van der Waals surface area contributed by atoms with Gasteiger partial charge in [0.15, 0.2) is 0 Å². The van der Waals surface area contributed by atoms with Crippen LogP contribution in [0.5, 0.6) is 0 Å². The first-order chi connectivity index (χ1) is 13.0. The molecule has 152 valence electrons. The number of amides is 1. The summed E-state index contributed by atoms with van der Waals surface area (Å²) in [6, 6.07) is 5.03. The second kappa shape index (κ2) is 8.78. The molecule has 0 saturated heterocycles. The Labute approximate surface area is 160 Å². The average molecular weight is 427 g/mol. The third kappa shape index (κ3) is 5.83. The lowest BCUT2D eigenvalue weighted by molar-refractivity contribution is -0.138. The summed E-state index contributed by atoms with van der Waals surface area (Å²) >= 11 is 5.72. The highest BCUT2D eigenvalue weighted by atomic mass is 35.5. The molecule has 0 aliphatic rings. The normalized spacial score (nSPS) is 12.1. The smallest absolute Gasteiger partial charge is 0.373 e. The van der Waals surface area contributed by atoms with Crippen LogP contribution >= 0.6 is 11.6 Å². The number of nitrogens with one attached hydrogen (secondary N) is 1. The Hall–Kier alpha value is -2.33. The van der Waals surface area contributed by atoms with Gasteiger partial charge in [-0.2, -0.15) is 26.3 Å². The first-order valence-corrected chi connectivity index (χ1v) is 8.11. The number of pyridine rings is 1. The van der Waals surface area contributed by atoms with Gasteiger partial charge in [-0.25, -0.2) is 0 Å². The van der Waals surface area contributed by atoms with E-state index in [2.05, 4.69) is 10.3 Å².